The highest BCUT2D eigenvalue weighted by Gasteiger charge is 2.25. The zero-order chi connectivity index (χ0) is 19.4. The van der Waals surface area contributed by atoms with Gasteiger partial charge in [-0.05, 0) is 53.9 Å². The SMILES string of the molecule is CC[C@H]1CCc2c(sc(NC(=O)/C=C/c3ccc(C(C)C)cc3)c2C#N)C1. The summed E-state index contributed by atoms with van der Waals surface area (Å²) in [4.78, 5) is 13.6. The molecule has 1 aliphatic carbocycles. The lowest BCUT2D eigenvalue weighted by Crippen LogP contribution is -2.12. The highest BCUT2D eigenvalue weighted by atomic mass is 32.1. The van der Waals surface area contributed by atoms with E-state index in [9.17, 15) is 10.1 Å². The molecule has 0 radical (unpaired) electrons. The fraction of sp³-hybridized carbons (Fsp3) is 0.391. The third-order valence-electron chi connectivity index (χ3n) is 5.32. The van der Waals surface area contributed by atoms with Crippen LogP contribution in [0.5, 0.6) is 0 Å². The molecule has 4 heteroatoms. The van der Waals surface area contributed by atoms with Gasteiger partial charge < -0.3 is 5.32 Å². The molecular formula is C23H26N2OS. The minimum atomic E-state index is -0.190. The molecule has 0 fully saturated rings. The van der Waals surface area contributed by atoms with E-state index in [2.05, 4.69) is 44.3 Å². The lowest BCUT2D eigenvalue weighted by atomic mass is 9.86. The standard InChI is InChI=1S/C23H26N2OS/c1-4-16-7-11-19-20(14-24)23(27-21(19)13-16)25-22(26)12-8-17-5-9-18(10-6-17)15(2)3/h5-6,8-10,12,15-16H,4,7,11,13H2,1-3H3,(H,25,26)/b12-8+/t16-/m0/s1. The van der Waals surface area contributed by atoms with Gasteiger partial charge in [0.25, 0.3) is 0 Å². The summed E-state index contributed by atoms with van der Waals surface area (Å²) < 4.78 is 0. The molecule has 1 aromatic carbocycles. The van der Waals surface area contributed by atoms with E-state index in [0.717, 1.165) is 30.4 Å². The normalized spacial score (nSPS) is 16.3. The Kier molecular flexibility index (Phi) is 6.13. The fourth-order valence-corrected chi connectivity index (χ4v) is 4.84. The first kappa shape index (κ1) is 19.4. The van der Waals surface area contributed by atoms with E-state index in [1.165, 1.54) is 16.9 Å². The molecule has 140 valence electrons. The van der Waals surface area contributed by atoms with Gasteiger partial charge in [-0.3, -0.25) is 4.79 Å². The molecule has 2 aromatic rings. The minimum Gasteiger partial charge on any atom is -0.313 e. The smallest absolute Gasteiger partial charge is 0.249 e. The van der Waals surface area contributed by atoms with Crippen molar-refractivity contribution in [2.24, 2.45) is 5.92 Å². The van der Waals surface area contributed by atoms with Gasteiger partial charge in [-0.15, -0.1) is 11.3 Å². The summed E-state index contributed by atoms with van der Waals surface area (Å²) in [5, 5.41) is 13.2. The molecule has 0 saturated heterocycles. The number of rotatable bonds is 5. The molecule has 0 unspecified atom stereocenters. The van der Waals surface area contributed by atoms with Gasteiger partial charge in [0, 0.05) is 11.0 Å². The molecule has 0 bridgehead atoms. The highest BCUT2D eigenvalue weighted by Crippen LogP contribution is 2.40. The van der Waals surface area contributed by atoms with Crippen molar-refractivity contribution in [3.05, 3.63) is 57.5 Å². The summed E-state index contributed by atoms with van der Waals surface area (Å²) in [6.45, 7) is 6.54. The van der Waals surface area contributed by atoms with Crippen LogP contribution in [0.2, 0.25) is 0 Å². The summed E-state index contributed by atoms with van der Waals surface area (Å²) in [5.74, 6) is 0.998. The number of benzene rings is 1. The second-order valence-electron chi connectivity index (χ2n) is 7.48. The van der Waals surface area contributed by atoms with Crippen molar-refractivity contribution in [2.75, 3.05) is 5.32 Å². The summed E-state index contributed by atoms with van der Waals surface area (Å²) in [6.07, 6.45) is 7.62. The topological polar surface area (TPSA) is 52.9 Å². The number of fused-ring (bicyclic) bond motifs is 1. The molecule has 1 aliphatic rings. The second-order valence-corrected chi connectivity index (χ2v) is 8.59. The van der Waals surface area contributed by atoms with E-state index in [4.69, 9.17) is 0 Å². The predicted molar refractivity (Wildman–Crippen MR) is 113 cm³/mol. The van der Waals surface area contributed by atoms with Gasteiger partial charge >= 0.3 is 0 Å². The number of hydrogen-bond acceptors (Lipinski definition) is 3. The number of carbonyl (C=O) groups excluding carboxylic acids is 1. The van der Waals surface area contributed by atoms with Crippen LogP contribution in [-0.4, -0.2) is 5.91 Å². The van der Waals surface area contributed by atoms with Crippen LogP contribution in [0.1, 0.15) is 66.7 Å². The molecule has 0 saturated carbocycles. The van der Waals surface area contributed by atoms with Crippen LogP contribution in [0.4, 0.5) is 5.00 Å². The molecular weight excluding hydrogens is 352 g/mol. The number of nitrogens with one attached hydrogen (secondary N) is 1. The van der Waals surface area contributed by atoms with Crippen molar-refractivity contribution < 1.29 is 4.79 Å². The molecule has 0 aliphatic heterocycles. The zero-order valence-electron chi connectivity index (χ0n) is 16.2. The van der Waals surface area contributed by atoms with E-state index in [0.29, 0.717) is 22.4 Å². The first-order chi connectivity index (χ1) is 13.0. The Hall–Kier alpha value is -2.38. The summed E-state index contributed by atoms with van der Waals surface area (Å²) in [5.41, 5.74) is 4.08. The van der Waals surface area contributed by atoms with Crippen LogP contribution in [-0.2, 0) is 17.6 Å². The average molecular weight is 379 g/mol. The van der Waals surface area contributed by atoms with Gasteiger partial charge in [-0.2, -0.15) is 5.26 Å². The fourth-order valence-electron chi connectivity index (χ4n) is 3.53. The monoisotopic (exact) mass is 378 g/mol. The van der Waals surface area contributed by atoms with E-state index >= 15 is 0 Å². The number of amides is 1. The number of nitriles is 1. The number of anilines is 1. The first-order valence-corrected chi connectivity index (χ1v) is 10.5. The molecule has 1 heterocycles. The van der Waals surface area contributed by atoms with Crippen LogP contribution in [0.25, 0.3) is 6.08 Å². The molecule has 1 N–H and O–H groups in total. The lowest BCUT2D eigenvalue weighted by Gasteiger charge is -2.20. The second kappa shape index (κ2) is 8.54. The zero-order valence-corrected chi connectivity index (χ0v) is 17.0. The third-order valence-corrected chi connectivity index (χ3v) is 6.49. The van der Waals surface area contributed by atoms with Crippen molar-refractivity contribution in [3.8, 4) is 6.07 Å². The van der Waals surface area contributed by atoms with E-state index in [1.807, 2.05) is 18.2 Å². The molecule has 3 rings (SSSR count). The molecule has 1 amide bonds. The molecule has 1 aromatic heterocycles. The number of thiophene rings is 1. The van der Waals surface area contributed by atoms with Gasteiger partial charge in [-0.25, -0.2) is 0 Å². The quantitative estimate of drug-likeness (QED) is 0.658. The number of nitrogens with zero attached hydrogens (tertiary/aromatic N) is 1. The maximum atomic E-state index is 12.4. The van der Waals surface area contributed by atoms with E-state index < -0.39 is 0 Å². The van der Waals surface area contributed by atoms with Crippen molar-refractivity contribution in [2.45, 2.75) is 52.4 Å². The maximum Gasteiger partial charge on any atom is 0.249 e. The van der Waals surface area contributed by atoms with Crippen molar-refractivity contribution in [1.29, 1.82) is 5.26 Å². The molecule has 27 heavy (non-hydrogen) atoms. The Morgan fingerprint density at radius 3 is 2.74 bits per heavy atom. The Bertz CT molecular complexity index is 884. The Labute approximate surface area is 165 Å². The Balaban J connectivity index is 1.71. The molecule has 3 nitrogen and oxygen atoms in total. The first-order valence-electron chi connectivity index (χ1n) is 9.65. The maximum absolute atomic E-state index is 12.4. The van der Waals surface area contributed by atoms with Crippen molar-refractivity contribution in [1.82, 2.24) is 0 Å². The number of hydrogen-bond donors (Lipinski definition) is 1. The molecule has 0 spiro atoms. The van der Waals surface area contributed by atoms with Crippen LogP contribution < -0.4 is 5.32 Å². The lowest BCUT2D eigenvalue weighted by molar-refractivity contribution is -0.111. The van der Waals surface area contributed by atoms with Crippen LogP contribution in [0.15, 0.2) is 30.3 Å². The molecule has 1 atom stereocenters. The minimum absolute atomic E-state index is 0.190. The van der Waals surface area contributed by atoms with Crippen LogP contribution in [0, 0.1) is 17.2 Å². The van der Waals surface area contributed by atoms with Gasteiger partial charge in [0.1, 0.15) is 11.1 Å². The van der Waals surface area contributed by atoms with Gasteiger partial charge in [0.2, 0.25) is 5.91 Å². The van der Waals surface area contributed by atoms with Crippen molar-refractivity contribution in [3.63, 3.8) is 0 Å². The Morgan fingerprint density at radius 2 is 2.11 bits per heavy atom. The number of carbonyl (C=O) groups is 1. The van der Waals surface area contributed by atoms with Gasteiger partial charge in [0.15, 0.2) is 0 Å². The van der Waals surface area contributed by atoms with E-state index in [-0.39, 0.29) is 5.91 Å². The highest BCUT2D eigenvalue weighted by molar-refractivity contribution is 7.16. The van der Waals surface area contributed by atoms with E-state index in [1.54, 1.807) is 17.4 Å². The summed E-state index contributed by atoms with van der Waals surface area (Å²) in [6, 6.07) is 10.5. The third kappa shape index (κ3) is 4.48. The Morgan fingerprint density at radius 1 is 1.37 bits per heavy atom. The van der Waals surface area contributed by atoms with Crippen LogP contribution in [0.3, 0.4) is 0 Å². The van der Waals surface area contributed by atoms with Gasteiger partial charge in [-0.1, -0.05) is 51.5 Å². The largest absolute Gasteiger partial charge is 0.313 e. The predicted octanol–water partition coefficient (Wildman–Crippen LogP) is 5.91. The average Bonchev–Trinajstić information content (AvgIpc) is 3.02. The summed E-state index contributed by atoms with van der Waals surface area (Å²) in [7, 11) is 0. The van der Waals surface area contributed by atoms with Crippen molar-refractivity contribution >= 4 is 28.3 Å². The van der Waals surface area contributed by atoms with Gasteiger partial charge in [0.05, 0.1) is 5.56 Å². The van der Waals surface area contributed by atoms with Crippen LogP contribution >= 0.6 is 11.3 Å². The summed E-state index contributed by atoms with van der Waals surface area (Å²) >= 11 is 1.57.